The molecule has 2 N–H and O–H groups in total. The van der Waals surface area contributed by atoms with E-state index in [1.165, 1.54) is 0 Å². The molecule has 110 valence electrons. The number of halogens is 2. The quantitative estimate of drug-likeness (QED) is 0.550. The second-order valence-corrected chi connectivity index (χ2v) is 6.10. The molecule has 1 unspecified atom stereocenters. The molecule has 1 aromatic rings. The summed E-state index contributed by atoms with van der Waals surface area (Å²) in [7, 11) is 0. The number of carboxylic acids is 1. The number of hydrogen-bond acceptors (Lipinski definition) is 3. The fourth-order valence-corrected chi connectivity index (χ4v) is 2.50. The van der Waals surface area contributed by atoms with Crippen molar-refractivity contribution in [1.82, 2.24) is 5.32 Å². The molecule has 0 saturated heterocycles. The zero-order chi connectivity index (χ0) is 15.0. The predicted octanol–water partition coefficient (Wildman–Crippen LogP) is 2.86. The first-order valence-corrected chi connectivity index (χ1v) is 7.77. The van der Waals surface area contributed by atoms with E-state index in [0.29, 0.717) is 6.42 Å². The van der Waals surface area contributed by atoms with Crippen LogP contribution in [0.1, 0.15) is 12.8 Å². The Morgan fingerprint density at radius 2 is 2.00 bits per heavy atom. The fraction of sp³-hybridized carbons (Fsp3) is 0.385. The summed E-state index contributed by atoms with van der Waals surface area (Å²) in [6.45, 7) is -1.10. The Morgan fingerprint density at radius 3 is 2.55 bits per heavy atom. The average molecular weight is 364 g/mol. The van der Waals surface area contributed by atoms with Crippen LogP contribution in [0.25, 0.3) is 0 Å². The number of carbonyl (C=O) groups is 2. The molecule has 7 heteroatoms. The van der Waals surface area contributed by atoms with Crippen LogP contribution in [0.3, 0.4) is 0 Å². The first-order valence-electron chi connectivity index (χ1n) is 5.99. The monoisotopic (exact) mass is 363 g/mol. The van der Waals surface area contributed by atoms with Crippen LogP contribution < -0.4 is 5.32 Å². The van der Waals surface area contributed by atoms with Crippen LogP contribution in [-0.4, -0.2) is 35.5 Å². The molecular formula is C13H15BrFNO3S. The second kappa shape index (κ2) is 8.97. The van der Waals surface area contributed by atoms with Crippen LogP contribution in [0.2, 0.25) is 0 Å². The van der Waals surface area contributed by atoms with Gasteiger partial charge in [-0.15, -0.1) is 11.8 Å². The van der Waals surface area contributed by atoms with Crippen molar-refractivity contribution in [1.29, 1.82) is 0 Å². The molecule has 0 aliphatic rings. The maximum atomic E-state index is 12.3. The van der Waals surface area contributed by atoms with E-state index in [9.17, 15) is 14.0 Å². The molecule has 20 heavy (non-hydrogen) atoms. The molecule has 0 spiro atoms. The van der Waals surface area contributed by atoms with Crippen molar-refractivity contribution in [2.75, 3.05) is 12.4 Å². The number of hydrogen-bond donors (Lipinski definition) is 2. The summed E-state index contributed by atoms with van der Waals surface area (Å²) in [5.74, 6) is -1.06. The first kappa shape index (κ1) is 17.0. The molecule has 1 rings (SSSR count). The third-order valence-electron chi connectivity index (χ3n) is 2.42. The van der Waals surface area contributed by atoms with E-state index in [4.69, 9.17) is 5.11 Å². The lowest BCUT2D eigenvalue weighted by molar-refractivity contribution is -0.142. The number of alkyl halides is 1. The summed E-state index contributed by atoms with van der Waals surface area (Å²) in [4.78, 5) is 23.1. The molecular weight excluding hydrogens is 349 g/mol. The Labute approximate surface area is 129 Å². The number of aliphatic carboxylic acids is 1. The van der Waals surface area contributed by atoms with E-state index in [-0.39, 0.29) is 6.42 Å². The minimum absolute atomic E-state index is 0.188. The second-order valence-electron chi connectivity index (χ2n) is 4.02. The van der Waals surface area contributed by atoms with Gasteiger partial charge in [-0.05, 0) is 36.4 Å². The molecule has 0 aromatic heterocycles. The Hall–Kier alpha value is -1.08. The molecule has 0 aliphatic heterocycles. The highest BCUT2D eigenvalue weighted by Gasteiger charge is 2.18. The van der Waals surface area contributed by atoms with Gasteiger partial charge in [0.1, 0.15) is 6.67 Å². The van der Waals surface area contributed by atoms with E-state index in [1.54, 1.807) is 11.8 Å². The molecule has 0 fully saturated rings. The molecule has 1 amide bonds. The van der Waals surface area contributed by atoms with Crippen LogP contribution in [0.5, 0.6) is 0 Å². The lowest BCUT2D eigenvalue weighted by atomic mass is 10.2. The average Bonchev–Trinajstić information content (AvgIpc) is 2.42. The van der Waals surface area contributed by atoms with Gasteiger partial charge >= 0.3 is 5.97 Å². The number of nitrogens with one attached hydrogen (secondary N) is 1. The number of carbonyl (C=O) groups excluding carboxylic acids is 1. The standard InChI is InChI=1S/C13H15BrFNO3S/c14-9-3-5-10(6-4-9)20-7-1-2-12(17)16-11(8-15)13(18)19/h3-6,11H,1-2,7-8H2,(H,16,17)(H,18,19). The van der Waals surface area contributed by atoms with Crippen molar-refractivity contribution in [2.24, 2.45) is 0 Å². The number of carboxylic acid groups (broad SMARTS) is 1. The predicted molar refractivity (Wildman–Crippen MR) is 79.6 cm³/mol. The molecule has 1 atom stereocenters. The highest BCUT2D eigenvalue weighted by atomic mass is 79.9. The third kappa shape index (κ3) is 6.38. The van der Waals surface area contributed by atoms with E-state index in [0.717, 1.165) is 15.1 Å². The van der Waals surface area contributed by atoms with Crippen molar-refractivity contribution in [3.63, 3.8) is 0 Å². The minimum Gasteiger partial charge on any atom is -0.480 e. The van der Waals surface area contributed by atoms with Crippen LogP contribution in [0.4, 0.5) is 4.39 Å². The van der Waals surface area contributed by atoms with E-state index < -0.39 is 24.6 Å². The normalized spacial score (nSPS) is 11.9. The van der Waals surface area contributed by atoms with Gasteiger partial charge < -0.3 is 10.4 Å². The summed E-state index contributed by atoms with van der Waals surface area (Å²) in [5.41, 5.74) is 0. The Morgan fingerprint density at radius 1 is 1.35 bits per heavy atom. The first-order chi connectivity index (χ1) is 9.52. The van der Waals surface area contributed by atoms with Crippen LogP contribution in [-0.2, 0) is 9.59 Å². The molecule has 0 saturated carbocycles. The van der Waals surface area contributed by atoms with Crippen molar-refractivity contribution in [3.8, 4) is 0 Å². The molecule has 1 aromatic carbocycles. The zero-order valence-electron chi connectivity index (χ0n) is 10.6. The SMILES string of the molecule is O=C(CCCSc1ccc(Br)cc1)NC(CF)C(=O)O. The molecule has 4 nitrogen and oxygen atoms in total. The minimum atomic E-state index is -1.44. The Kier molecular flexibility index (Phi) is 7.61. The van der Waals surface area contributed by atoms with Gasteiger partial charge in [0.15, 0.2) is 6.04 Å². The number of thioether (sulfide) groups is 1. The van der Waals surface area contributed by atoms with Crippen LogP contribution in [0, 0.1) is 0 Å². The van der Waals surface area contributed by atoms with E-state index >= 15 is 0 Å². The summed E-state index contributed by atoms with van der Waals surface area (Å²) in [6, 6.07) is 6.37. The maximum Gasteiger partial charge on any atom is 0.328 e. The number of benzene rings is 1. The lowest BCUT2D eigenvalue weighted by Gasteiger charge is -2.10. The van der Waals surface area contributed by atoms with Gasteiger partial charge in [0, 0.05) is 15.8 Å². The van der Waals surface area contributed by atoms with E-state index in [2.05, 4.69) is 21.2 Å². The highest BCUT2D eigenvalue weighted by Crippen LogP contribution is 2.21. The van der Waals surface area contributed by atoms with Crippen molar-refractivity contribution < 1.29 is 19.1 Å². The summed E-state index contributed by atoms with van der Waals surface area (Å²) < 4.78 is 13.3. The van der Waals surface area contributed by atoms with E-state index in [1.807, 2.05) is 24.3 Å². The summed E-state index contributed by atoms with van der Waals surface area (Å²) in [5, 5.41) is 10.7. The summed E-state index contributed by atoms with van der Waals surface area (Å²) in [6.07, 6.45) is 0.790. The van der Waals surface area contributed by atoms with Gasteiger partial charge in [-0.2, -0.15) is 0 Å². The van der Waals surface area contributed by atoms with Crippen molar-refractivity contribution in [3.05, 3.63) is 28.7 Å². The van der Waals surface area contributed by atoms with Gasteiger partial charge in [0.25, 0.3) is 0 Å². The number of rotatable bonds is 8. The summed E-state index contributed by atoms with van der Waals surface area (Å²) >= 11 is 4.96. The Bertz CT molecular complexity index is 455. The van der Waals surface area contributed by atoms with Gasteiger partial charge in [-0.3, -0.25) is 4.79 Å². The Balaban J connectivity index is 2.22. The third-order valence-corrected chi connectivity index (χ3v) is 4.05. The molecule has 0 radical (unpaired) electrons. The van der Waals surface area contributed by atoms with Gasteiger partial charge in [-0.25, -0.2) is 9.18 Å². The van der Waals surface area contributed by atoms with Crippen molar-refractivity contribution in [2.45, 2.75) is 23.8 Å². The smallest absolute Gasteiger partial charge is 0.328 e. The van der Waals surface area contributed by atoms with Crippen LogP contribution >= 0.6 is 27.7 Å². The van der Waals surface area contributed by atoms with Crippen molar-refractivity contribution >= 4 is 39.6 Å². The van der Waals surface area contributed by atoms with Gasteiger partial charge in [-0.1, -0.05) is 15.9 Å². The maximum absolute atomic E-state index is 12.3. The van der Waals surface area contributed by atoms with Gasteiger partial charge in [0.2, 0.25) is 5.91 Å². The lowest BCUT2D eigenvalue weighted by Crippen LogP contribution is -2.42. The molecule has 0 bridgehead atoms. The topological polar surface area (TPSA) is 66.4 Å². The van der Waals surface area contributed by atoms with Gasteiger partial charge in [0.05, 0.1) is 0 Å². The fourth-order valence-electron chi connectivity index (χ4n) is 1.39. The zero-order valence-corrected chi connectivity index (χ0v) is 13.0. The molecule has 0 heterocycles. The molecule has 0 aliphatic carbocycles. The number of amides is 1. The van der Waals surface area contributed by atoms with Crippen LogP contribution in [0.15, 0.2) is 33.6 Å². The highest BCUT2D eigenvalue weighted by molar-refractivity contribution is 9.10. The largest absolute Gasteiger partial charge is 0.480 e.